The fourth-order valence-corrected chi connectivity index (χ4v) is 7.94. The molecule has 1 unspecified atom stereocenters. The van der Waals surface area contributed by atoms with Gasteiger partial charge in [-0.3, -0.25) is 14.4 Å². The Hall–Kier alpha value is -5.03. The molecule has 0 bridgehead atoms. The minimum Gasteiger partial charge on any atom is -0.504 e. The lowest BCUT2D eigenvalue weighted by Crippen LogP contribution is -2.50. The van der Waals surface area contributed by atoms with Gasteiger partial charge in [0, 0.05) is 51.0 Å². The van der Waals surface area contributed by atoms with Crippen LogP contribution < -0.4 is 20.5 Å². The van der Waals surface area contributed by atoms with Gasteiger partial charge < -0.3 is 34.6 Å². The number of rotatable bonds is 8. The molecule has 2 saturated heterocycles. The average molecular weight is 755 g/mol. The number of anilines is 3. The van der Waals surface area contributed by atoms with Crippen LogP contribution in [0.4, 0.5) is 30.4 Å². The fourth-order valence-electron chi connectivity index (χ4n) is 7.71. The van der Waals surface area contributed by atoms with Gasteiger partial charge in [0.05, 0.1) is 28.2 Å². The predicted molar refractivity (Wildman–Crippen MR) is 191 cm³/mol. The molecular weight excluding hydrogens is 717 g/mol. The molecule has 1 aliphatic carbocycles. The summed E-state index contributed by atoms with van der Waals surface area (Å²) in [5, 5.41) is 12.7. The first-order valence-electron chi connectivity index (χ1n) is 17.2. The van der Waals surface area contributed by atoms with Crippen molar-refractivity contribution in [1.82, 2.24) is 34.3 Å². The number of carbonyl (C=O) groups is 2. The molecule has 14 nitrogen and oxygen atoms in total. The predicted octanol–water partition coefficient (Wildman–Crippen LogP) is 3.43. The molecule has 3 fully saturated rings. The first-order chi connectivity index (χ1) is 25.2. The van der Waals surface area contributed by atoms with Crippen molar-refractivity contribution in [3.63, 3.8) is 0 Å². The van der Waals surface area contributed by atoms with E-state index in [1.807, 2.05) is 11.8 Å². The van der Waals surface area contributed by atoms with Crippen LogP contribution in [-0.2, 0) is 23.9 Å². The fraction of sp³-hybridized carbons (Fsp3) is 0.457. The van der Waals surface area contributed by atoms with Crippen LogP contribution in [0.15, 0.2) is 35.5 Å². The number of piperazine rings is 1. The topological polar surface area (TPSA) is 153 Å². The van der Waals surface area contributed by atoms with E-state index in [9.17, 15) is 32.7 Å². The standard InChI is InChI=1S/C35H38ClF3N10O4/c1-5-24-30(46-8-10-47(11-9-46)34(53)28-31(51)18(2)41-17-42-28)32(52)27-33(40-13-25(44-27)48-14-20-21(15-48)29(20)45(3)4)49(24)16-26(50)43-23-7-6-19(12-22(23)36)35(37,38)39/h6-7,12-13,17,20-21,29,51H,5,8-11,14-16H2,1-4H3,(H,43,50)/t20-,21+,29?. The Balaban J connectivity index is 1.22. The molecule has 2 amide bonds. The maximum absolute atomic E-state index is 14.5. The highest BCUT2D eigenvalue weighted by Gasteiger charge is 2.57. The molecular formula is C35H38ClF3N10O4. The zero-order chi connectivity index (χ0) is 37.9. The van der Waals surface area contributed by atoms with E-state index < -0.39 is 23.6 Å². The van der Waals surface area contributed by atoms with Crippen LogP contribution in [0.2, 0.25) is 5.02 Å². The summed E-state index contributed by atoms with van der Waals surface area (Å²) >= 11 is 6.14. The summed E-state index contributed by atoms with van der Waals surface area (Å²) in [6, 6.07) is 3.17. The van der Waals surface area contributed by atoms with Gasteiger partial charge in [-0.15, -0.1) is 0 Å². The smallest absolute Gasteiger partial charge is 0.416 e. The molecule has 2 N–H and O–H groups in total. The molecule has 3 atom stereocenters. The lowest BCUT2D eigenvalue weighted by atomic mass is 10.1. The Morgan fingerprint density at radius 1 is 1.06 bits per heavy atom. The number of halogens is 4. The molecule has 4 aromatic rings. The quantitative estimate of drug-likeness (QED) is 0.272. The monoisotopic (exact) mass is 754 g/mol. The van der Waals surface area contributed by atoms with Gasteiger partial charge in [-0.2, -0.15) is 13.2 Å². The van der Waals surface area contributed by atoms with Crippen LogP contribution in [0.25, 0.3) is 11.2 Å². The largest absolute Gasteiger partial charge is 0.504 e. The molecule has 5 heterocycles. The Kier molecular flexibility index (Phi) is 9.42. The number of nitrogens with zero attached hydrogens (tertiary/aromatic N) is 9. The molecule has 7 rings (SSSR count). The second-order valence-electron chi connectivity index (χ2n) is 13.8. The van der Waals surface area contributed by atoms with Crippen molar-refractivity contribution in [3.05, 3.63) is 68.6 Å². The number of aromatic hydroxyl groups is 1. The molecule has 280 valence electrons. The molecule has 53 heavy (non-hydrogen) atoms. The van der Waals surface area contributed by atoms with Gasteiger partial charge in [-0.1, -0.05) is 18.5 Å². The lowest BCUT2D eigenvalue weighted by Gasteiger charge is -2.37. The van der Waals surface area contributed by atoms with Gasteiger partial charge in [0.15, 0.2) is 22.6 Å². The number of hydrogen-bond acceptors (Lipinski definition) is 11. The molecule has 18 heteroatoms. The van der Waals surface area contributed by atoms with Gasteiger partial charge in [0.2, 0.25) is 11.3 Å². The van der Waals surface area contributed by atoms with E-state index in [2.05, 4.69) is 44.2 Å². The van der Waals surface area contributed by atoms with Gasteiger partial charge in [-0.05, 0) is 57.5 Å². The summed E-state index contributed by atoms with van der Waals surface area (Å²) in [7, 11) is 4.13. The number of fused-ring (bicyclic) bond motifs is 2. The van der Waals surface area contributed by atoms with Crippen LogP contribution in [0.5, 0.6) is 5.75 Å². The Morgan fingerprint density at radius 3 is 2.38 bits per heavy atom. The van der Waals surface area contributed by atoms with E-state index in [1.165, 1.54) is 6.33 Å². The van der Waals surface area contributed by atoms with Gasteiger partial charge in [0.25, 0.3) is 5.91 Å². The van der Waals surface area contributed by atoms with Crippen molar-refractivity contribution in [2.24, 2.45) is 11.8 Å². The number of piperidine rings is 1. The van der Waals surface area contributed by atoms with Crippen molar-refractivity contribution in [2.75, 3.05) is 68.5 Å². The summed E-state index contributed by atoms with van der Waals surface area (Å²) in [6.07, 6.45) is -1.48. The van der Waals surface area contributed by atoms with Gasteiger partial charge >= 0.3 is 6.18 Å². The summed E-state index contributed by atoms with van der Waals surface area (Å²) in [5.74, 6) is 0.178. The minimum atomic E-state index is -4.61. The number of alkyl halides is 3. The van der Waals surface area contributed by atoms with Crippen LogP contribution in [0.3, 0.4) is 0 Å². The van der Waals surface area contributed by atoms with Crippen LogP contribution in [0.1, 0.15) is 34.4 Å². The minimum absolute atomic E-state index is 0.00371. The van der Waals surface area contributed by atoms with Crippen molar-refractivity contribution < 1.29 is 27.9 Å². The number of hydrogen-bond donors (Lipinski definition) is 2. The third-order valence-electron chi connectivity index (χ3n) is 10.4. The van der Waals surface area contributed by atoms with E-state index >= 15 is 0 Å². The maximum atomic E-state index is 14.5. The molecule has 1 saturated carbocycles. The molecule has 0 radical (unpaired) electrons. The third kappa shape index (κ3) is 6.71. The van der Waals surface area contributed by atoms with E-state index in [1.54, 1.807) is 22.6 Å². The van der Waals surface area contributed by atoms with Crippen molar-refractivity contribution in [3.8, 4) is 5.75 Å². The Labute approximate surface area is 307 Å². The molecule has 3 aromatic heterocycles. The zero-order valence-corrected chi connectivity index (χ0v) is 30.2. The molecule has 0 spiro atoms. The van der Waals surface area contributed by atoms with Gasteiger partial charge in [0.1, 0.15) is 24.4 Å². The maximum Gasteiger partial charge on any atom is 0.416 e. The molecule has 2 aliphatic heterocycles. The highest BCUT2D eigenvalue weighted by molar-refractivity contribution is 6.33. The van der Waals surface area contributed by atoms with Gasteiger partial charge in [-0.25, -0.2) is 19.9 Å². The van der Waals surface area contributed by atoms with E-state index in [-0.39, 0.29) is 77.2 Å². The molecule has 1 aromatic carbocycles. The highest BCUT2D eigenvalue weighted by atomic mass is 35.5. The van der Waals surface area contributed by atoms with Crippen LogP contribution in [0, 0.1) is 18.8 Å². The summed E-state index contributed by atoms with van der Waals surface area (Å²) < 4.78 is 41.3. The van der Waals surface area contributed by atoms with E-state index in [4.69, 9.17) is 16.6 Å². The number of aryl methyl sites for hydroxylation is 1. The van der Waals surface area contributed by atoms with Crippen LogP contribution >= 0.6 is 11.6 Å². The van der Waals surface area contributed by atoms with E-state index in [0.717, 1.165) is 31.3 Å². The number of amides is 2. The SMILES string of the molecule is CCc1c(N2CCN(C(=O)c3ncnc(C)c3O)CC2)c(=O)c2nc(N3C[C@@H]4C(N(C)C)[C@@H]4C3)cnc2n1CC(=O)Nc1ccc(C(F)(F)F)cc1Cl. The number of pyridine rings is 1. The first-order valence-corrected chi connectivity index (χ1v) is 17.6. The second-order valence-corrected chi connectivity index (χ2v) is 14.2. The number of aromatic nitrogens is 5. The van der Waals surface area contributed by atoms with E-state index in [0.29, 0.717) is 41.5 Å². The van der Waals surface area contributed by atoms with Crippen molar-refractivity contribution in [2.45, 2.75) is 39.0 Å². The van der Waals surface area contributed by atoms with Crippen molar-refractivity contribution >= 4 is 51.8 Å². The lowest BCUT2D eigenvalue weighted by molar-refractivity contribution is -0.137. The highest BCUT2D eigenvalue weighted by Crippen LogP contribution is 2.49. The first kappa shape index (κ1) is 36.3. The Bertz CT molecular complexity index is 2160. The summed E-state index contributed by atoms with van der Waals surface area (Å²) in [5.41, 5.74) is -0.0775. The van der Waals surface area contributed by atoms with Crippen LogP contribution in [-0.4, -0.2) is 111 Å². The zero-order valence-electron chi connectivity index (χ0n) is 29.5. The Morgan fingerprint density at radius 2 is 1.75 bits per heavy atom. The van der Waals surface area contributed by atoms with Crippen molar-refractivity contribution in [1.29, 1.82) is 0 Å². The average Bonchev–Trinajstić information content (AvgIpc) is 3.64. The summed E-state index contributed by atoms with van der Waals surface area (Å²) in [4.78, 5) is 66.5. The number of carbonyl (C=O) groups excluding carboxylic acids is 2. The number of nitrogens with one attached hydrogen (secondary N) is 1. The third-order valence-corrected chi connectivity index (χ3v) is 10.7. The second kappa shape index (κ2) is 13.7. The normalized spacial score (nSPS) is 19.9. The number of benzene rings is 1. The molecule has 3 aliphatic rings. The summed E-state index contributed by atoms with van der Waals surface area (Å²) in [6.45, 7) is 5.55.